The summed E-state index contributed by atoms with van der Waals surface area (Å²) in [4.78, 5) is 35.6. The summed E-state index contributed by atoms with van der Waals surface area (Å²) in [6, 6.07) is 16.3. The molecule has 0 saturated heterocycles. The van der Waals surface area contributed by atoms with Crippen LogP contribution in [0, 0.1) is 0 Å². The number of carbonyl (C=O) groups excluding carboxylic acids is 3. The first-order chi connectivity index (χ1) is 13.0. The number of carbonyl (C=O) groups is 3. The molecule has 142 valence electrons. The van der Waals surface area contributed by atoms with Gasteiger partial charge in [0.15, 0.2) is 0 Å². The summed E-state index contributed by atoms with van der Waals surface area (Å²) in [5.74, 6) is -1.39. The highest BCUT2D eigenvalue weighted by Crippen LogP contribution is 2.23. The predicted octanol–water partition coefficient (Wildman–Crippen LogP) is 1.30. The summed E-state index contributed by atoms with van der Waals surface area (Å²) in [6.07, 6.45) is 0. The van der Waals surface area contributed by atoms with E-state index in [0.717, 1.165) is 11.1 Å². The molecule has 0 aromatic heterocycles. The molecular weight excluding hydrogens is 346 g/mol. The number of rotatable bonds is 7. The molecule has 0 fully saturated rings. The second-order valence-corrected chi connectivity index (χ2v) is 5.88. The predicted molar refractivity (Wildman–Crippen MR) is 101 cm³/mol. The molecule has 3 amide bonds. The van der Waals surface area contributed by atoms with Crippen LogP contribution in [-0.4, -0.2) is 31.4 Å². The van der Waals surface area contributed by atoms with Crippen LogP contribution in [0.25, 0.3) is 0 Å². The van der Waals surface area contributed by atoms with Gasteiger partial charge >= 0.3 is 11.8 Å². The number of hydrogen-bond donors (Lipinski definition) is 3. The first-order valence-electron chi connectivity index (χ1n) is 8.53. The number of methoxy groups -OCH3 is 1. The van der Waals surface area contributed by atoms with Gasteiger partial charge in [-0.25, -0.2) is 0 Å². The van der Waals surface area contributed by atoms with Gasteiger partial charge in [-0.1, -0.05) is 48.5 Å². The van der Waals surface area contributed by atoms with Crippen molar-refractivity contribution >= 4 is 17.7 Å². The van der Waals surface area contributed by atoms with Crippen molar-refractivity contribution in [1.82, 2.24) is 16.0 Å². The highest BCUT2D eigenvalue weighted by atomic mass is 16.5. The molecule has 0 saturated carbocycles. The van der Waals surface area contributed by atoms with Crippen molar-refractivity contribution in [2.24, 2.45) is 0 Å². The number of benzene rings is 2. The van der Waals surface area contributed by atoms with E-state index < -0.39 is 17.7 Å². The van der Waals surface area contributed by atoms with E-state index in [-0.39, 0.29) is 19.1 Å². The minimum Gasteiger partial charge on any atom is -0.496 e. The van der Waals surface area contributed by atoms with E-state index in [0.29, 0.717) is 5.75 Å². The Morgan fingerprint density at radius 2 is 1.56 bits per heavy atom. The fourth-order valence-corrected chi connectivity index (χ4v) is 2.49. The number of ether oxygens (including phenoxy) is 1. The van der Waals surface area contributed by atoms with Crippen molar-refractivity contribution < 1.29 is 19.1 Å². The monoisotopic (exact) mass is 369 g/mol. The van der Waals surface area contributed by atoms with Gasteiger partial charge in [-0.2, -0.15) is 0 Å². The smallest absolute Gasteiger partial charge is 0.309 e. The van der Waals surface area contributed by atoms with Crippen LogP contribution in [0.1, 0.15) is 24.1 Å². The van der Waals surface area contributed by atoms with Gasteiger partial charge in [-0.3, -0.25) is 14.4 Å². The lowest BCUT2D eigenvalue weighted by Crippen LogP contribution is -2.44. The van der Waals surface area contributed by atoms with E-state index in [1.807, 2.05) is 55.5 Å². The topological polar surface area (TPSA) is 96.5 Å². The van der Waals surface area contributed by atoms with Gasteiger partial charge in [0.25, 0.3) is 0 Å². The molecule has 27 heavy (non-hydrogen) atoms. The normalized spacial score (nSPS) is 11.2. The lowest BCUT2D eigenvalue weighted by Gasteiger charge is -2.17. The number of hydrogen-bond acceptors (Lipinski definition) is 4. The SMILES string of the molecule is COc1ccccc1C(C)NC(=O)CNC(=O)C(=O)NCc1ccccc1. The van der Waals surface area contributed by atoms with E-state index in [4.69, 9.17) is 4.74 Å². The molecule has 1 unspecified atom stereocenters. The molecule has 1 atom stereocenters. The Hall–Kier alpha value is -3.35. The van der Waals surface area contributed by atoms with Crippen LogP contribution in [0.2, 0.25) is 0 Å². The van der Waals surface area contributed by atoms with Gasteiger partial charge in [0.05, 0.1) is 19.7 Å². The first kappa shape index (κ1) is 20.0. The molecule has 7 heteroatoms. The Morgan fingerprint density at radius 3 is 2.26 bits per heavy atom. The Balaban J connectivity index is 1.77. The third-order valence-corrected chi connectivity index (χ3v) is 3.89. The summed E-state index contributed by atoms with van der Waals surface area (Å²) in [6.45, 7) is 1.76. The Kier molecular flexibility index (Phi) is 7.37. The number of nitrogens with one attached hydrogen (secondary N) is 3. The lowest BCUT2D eigenvalue weighted by atomic mass is 10.1. The van der Waals surface area contributed by atoms with Gasteiger partial charge in [-0.05, 0) is 18.6 Å². The molecule has 2 aromatic carbocycles. The van der Waals surface area contributed by atoms with Crippen LogP contribution in [0.4, 0.5) is 0 Å². The number of amides is 3. The van der Waals surface area contributed by atoms with Crippen LogP contribution in [0.5, 0.6) is 5.75 Å². The van der Waals surface area contributed by atoms with Crippen LogP contribution in [0.15, 0.2) is 54.6 Å². The fourth-order valence-electron chi connectivity index (χ4n) is 2.49. The molecule has 0 aliphatic heterocycles. The Labute approximate surface area is 158 Å². The third kappa shape index (κ3) is 6.14. The molecule has 0 heterocycles. The molecule has 7 nitrogen and oxygen atoms in total. The zero-order chi connectivity index (χ0) is 19.6. The van der Waals surface area contributed by atoms with Gasteiger partial charge in [0.2, 0.25) is 5.91 Å². The highest BCUT2D eigenvalue weighted by Gasteiger charge is 2.17. The highest BCUT2D eigenvalue weighted by molar-refractivity contribution is 6.35. The van der Waals surface area contributed by atoms with Gasteiger partial charge < -0.3 is 20.7 Å². The van der Waals surface area contributed by atoms with Crippen LogP contribution in [0.3, 0.4) is 0 Å². The summed E-state index contributed by atoms with van der Waals surface area (Å²) < 4.78 is 5.27. The maximum atomic E-state index is 12.0. The summed E-state index contributed by atoms with van der Waals surface area (Å²) in [5, 5.41) is 7.57. The maximum absolute atomic E-state index is 12.0. The molecule has 2 aromatic rings. The molecule has 0 spiro atoms. The van der Waals surface area contributed by atoms with Crippen molar-refractivity contribution in [3.8, 4) is 5.75 Å². The summed E-state index contributed by atoms with van der Waals surface area (Å²) in [7, 11) is 1.56. The van der Waals surface area contributed by atoms with E-state index >= 15 is 0 Å². The summed E-state index contributed by atoms with van der Waals surface area (Å²) in [5.41, 5.74) is 1.70. The van der Waals surface area contributed by atoms with Gasteiger partial charge in [0.1, 0.15) is 5.75 Å². The Morgan fingerprint density at radius 1 is 0.926 bits per heavy atom. The molecule has 2 rings (SSSR count). The van der Waals surface area contributed by atoms with E-state index in [9.17, 15) is 14.4 Å². The zero-order valence-corrected chi connectivity index (χ0v) is 15.3. The fraction of sp³-hybridized carbons (Fsp3) is 0.250. The van der Waals surface area contributed by atoms with Crippen molar-refractivity contribution in [1.29, 1.82) is 0 Å². The quantitative estimate of drug-likeness (QED) is 0.641. The van der Waals surface area contributed by atoms with Crippen LogP contribution < -0.4 is 20.7 Å². The lowest BCUT2D eigenvalue weighted by molar-refractivity contribution is -0.139. The van der Waals surface area contributed by atoms with Gasteiger partial charge in [0, 0.05) is 12.1 Å². The average molecular weight is 369 g/mol. The van der Waals surface area contributed by atoms with Crippen LogP contribution >= 0.6 is 0 Å². The van der Waals surface area contributed by atoms with Crippen molar-refractivity contribution in [2.45, 2.75) is 19.5 Å². The largest absolute Gasteiger partial charge is 0.496 e. The summed E-state index contributed by atoms with van der Waals surface area (Å²) >= 11 is 0. The molecular formula is C20H23N3O4. The van der Waals surface area contributed by atoms with Crippen molar-refractivity contribution in [2.75, 3.05) is 13.7 Å². The zero-order valence-electron chi connectivity index (χ0n) is 15.3. The second-order valence-electron chi connectivity index (χ2n) is 5.88. The molecule has 0 aliphatic rings. The van der Waals surface area contributed by atoms with E-state index in [2.05, 4.69) is 16.0 Å². The van der Waals surface area contributed by atoms with E-state index in [1.54, 1.807) is 13.2 Å². The van der Waals surface area contributed by atoms with Gasteiger partial charge in [-0.15, -0.1) is 0 Å². The Bertz CT molecular complexity index is 793. The van der Waals surface area contributed by atoms with Crippen LogP contribution in [-0.2, 0) is 20.9 Å². The third-order valence-electron chi connectivity index (χ3n) is 3.89. The average Bonchev–Trinajstić information content (AvgIpc) is 2.70. The number of para-hydroxylation sites is 1. The standard InChI is InChI=1S/C20H23N3O4/c1-14(16-10-6-7-11-17(16)27-2)23-18(24)13-22-20(26)19(25)21-12-15-8-4-3-5-9-15/h3-11,14H,12-13H2,1-2H3,(H,21,25)(H,22,26)(H,23,24). The molecule has 0 radical (unpaired) electrons. The van der Waals surface area contributed by atoms with Crippen molar-refractivity contribution in [3.05, 3.63) is 65.7 Å². The first-order valence-corrected chi connectivity index (χ1v) is 8.53. The second kappa shape index (κ2) is 9.96. The maximum Gasteiger partial charge on any atom is 0.309 e. The minimum atomic E-state index is -0.856. The molecule has 0 aliphatic carbocycles. The molecule has 0 bridgehead atoms. The minimum absolute atomic E-state index is 0.240. The van der Waals surface area contributed by atoms with E-state index in [1.165, 1.54) is 0 Å². The molecule has 3 N–H and O–H groups in total. The van der Waals surface area contributed by atoms with Crippen molar-refractivity contribution in [3.63, 3.8) is 0 Å².